The van der Waals surface area contributed by atoms with Crippen LogP contribution in [0.1, 0.15) is 36.5 Å². The molecule has 110 valence electrons. The number of carboxylic acid groups (broad SMARTS) is 1. The lowest BCUT2D eigenvalue weighted by Crippen LogP contribution is -2.51. The lowest BCUT2D eigenvalue weighted by Gasteiger charge is -2.24. The van der Waals surface area contributed by atoms with Crippen molar-refractivity contribution < 1.29 is 27.9 Å². The maximum Gasteiger partial charge on any atom is 0.451 e. The molecule has 1 amide bonds. The first-order valence-corrected chi connectivity index (χ1v) is 5.55. The van der Waals surface area contributed by atoms with Crippen molar-refractivity contribution in [2.24, 2.45) is 0 Å². The highest BCUT2D eigenvalue weighted by Crippen LogP contribution is 2.25. The van der Waals surface area contributed by atoms with Gasteiger partial charge < -0.3 is 10.4 Å². The highest BCUT2D eigenvalue weighted by atomic mass is 19.4. The van der Waals surface area contributed by atoms with Crippen LogP contribution in [0.3, 0.4) is 0 Å². The van der Waals surface area contributed by atoms with E-state index in [9.17, 15) is 22.8 Å². The Kier molecular flexibility index (Phi) is 4.31. The minimum Gasteiger partial charge on any atom is -0.480 e. The number of carboxylic acids is 1. The second-order valence-corrected chi connectivity index (χ2v) is 4.24. The molecular weight excluding hydrogens is 279 g/mol. The first kappa shape index (κ1) is 15.9. The zero-order valence-electron chi connectivity index (χ0n) is 10.7. The molecule has 0 saturated carbocycles. The number of carbonyl (C=O) groups excluding carboxylic acids is 1. The van der Waals surface area contributed by atoms with Gasteiger partial charge in [-0.15, -0.1) is 0 Å². The normalized spacial score (nSPS) is 14.4. The highest BCUT2D eigenvalue weighted by molar-refractivity contribution is 5.97. The molecule has 20 heavy (non-hydrogen) atoms. The van der Waals surface area contributed by atoms with Crippen LogP contribution in [-0.2, 0) is 11.0 Å². The second kappa shape index (κ2) is 5.43. The molecule has 1 rings (SSSR count). The zero-order chi connectivity index (χ0) is 15.6. The topological polar surface area (TPSA) is 92.2 Å². The van der Waals surface area contributed by atoms with Crippen molar-refractivity contribution in [2.75, 3.05) is 0 Å². The fourth-order valence-electron chi connectivity index (χ4n) is 1.21. The van der Waals surface area contributed by atoms with Crippen LogP contribution in [0.2, 0.25) is 0 Å². The van der Waals surface area contributed by atoms with Gasteiger partial charge >= 0.3 is 12.1 Å². The van der Waals surface area contributed by atoms with Gasteiger partial charge in [0, 0.05) is 12.4 Å². The molecule has 0 saturated heterocycles. The molecule has 0 aliphatic heterocycles. The van der Waals surface area contributed by atoms with Crippen molar-refractivity contribution >= 4 is 11.9 Å². The average Bonchev–Trinajstić information content (AvgIpc) is 2.37. The summed E-state index contributed by atoms with van der Waals surface area (Å²) in [7, 11) is 0. The third kappa shape index (κ3) is 3.43. The van der Waals surface area contributed by atoms with Crippen molar-refractivity contribution in [3.8, 4) is 0 Å². The van der Waals surface area contributed by atoms with E-state index >= 15 is 0 Å². The Morgan fingerprint density at radius 1 is 1.30 bits per heavy atom. The molecule has 0 spiro atoms. The van der Waals surface area contributed by atoms with Crippen LogP contribution in [0.15, 0.2) is 12.4 Å². The summed E-state index contributed by atoms with van der Waals surface area (Å²) in [5.74, 6) is -3.47. The number of hydrogen-bond donors (Lipinski definition) is 2. The van der Waals surface area contributed by atoms with Crippen molar-refractivity contribution in [3.63, 3.8) is 0 Å². The number of hydrogen-bond acceptors (Lipinski definition) is 4. The van der Waals surface area contributed by atoms with Crippen LogP contribution in [0.4, 0.5) is 13.2 Å². The first-order chi connectivity index (χ1) is 9.10. The Balaban J connectivity index is 2.91. The van der Waals surface area contributed by atoms with Gasteiger partial charge in [-0.1, -0.05) is 6.92 Å². The number of amides is 1. The molecule has 1 aromatic rings. The largest absolute Gasteiger partial charge is 0.480 e. The summed E-state index contributed by atoms with van der Waals surface area (Å²) in [5, 5.41) is 11.2. The van der Waals surface area contributed by atoms with Crippen LogP contribution in [-0.4, -0.2) is 32.5 Å². The van der Waals surface area contributed by atoms with E-state index in [1.54, 1.807) is 6.92 Å². The predicted octanol–water partition coefficient (Wildman–Crippen LogP) is 1.48. The Labute approximate surface area is 112 Å². The Morgan fingerprint density at radius 3 is 2.15 bits per heavy atom. The van der Waals surface area contributed by atoms with Gasteiger partial charge in [0.05, 0.1) is 5.56 Å². The Bertz CT molecular complexity index is 516. The maximum absolute atomic E-state index is 12.2. The quantitative estimate of drug-likeness (QED) is 0.876. The van der Waals surface area contributed by atoms with E-state index in [0.717, 1.165) is 0 Å². The standard InChI is InChI=1S/C11H12F3N3O3/c1-3-10(2,9(19)20)17-7(18)6-4-15-8(16-5-6)11(12,13)14/h4-5H,3H2,1-2H3,(H,17,18)(H,19,20). The van der Waals surface area contributed by atoms with Gasteiger partial charge in [-0.25, -0.2) is 14.8 Å². The molecule has 0 bridgehead atoms. The molecule has 1 aromatic heterocycles. The summed E-state index contributed by atoms with van der Waals surface area (Å²) < 4.78 is 36.7. The number of nitrogens with zero attached hydrogens (tertiary/aromatic N) is 2. The SMILES string of the molecule is CCC(C)(NC(=O)c1cnc(C(F)(F)F)nc1)C(=O)O. The molecular formula is C11H12F3N3O3. The summed E-state index contributed by atoms with van der Waals surface area (Å²) in [6.45, 7) is 2.84. The van der Waals surface area contributed by atoms with Gasteiger partial charge in [0.25, 0.3) is 5.91 Å². The van der Waals surface area contributed by atoms with E-state index < -0.39 is 29.4 Å². The fraction of sp³-hybridized carbons (Fsp3) is 0.455. The van der Waals surface area contributed by atoms with Gasteiger partial charge in [-0.05, 0) is 13.3 Å². The molecule has 0 fully saturated rings. The van der Waals surface area contributed by atoms with Crippen LogP contribution >= 0.6 is 0 Å². The smallest absolute Gasteiger partial charge is 0.451 e. The second-order valence-electron chi connectivity index (χ2n) is 4.24. The number of nitrogens with one attached hydrogen (secondary N) is 1. The average molecular weight is 291 g/mol. The summed E-state index contributed by atoms with van der Waals surface area (Å²) >= 11 is 0. The third-order valence-electron chi connectivity index (χ3n) is 2.74. The molecule has 9 heteroatoms. The summed E-state index contributed by atoms with van der Waals surface area (Å²) in [5.41, 5.74) is -1.77. The highest BCUT2D eigenvalue weighted by Gasteiger charge is 2.35. The van der Waals surface area contributed by atoms with Crippen LogP contribution in [0.5, 0.6) is 0 Å². The minimum absolute atomic E-state index is 0.107. The molecule has 0 aromatic carbocycles. The predicted molar refractivity (Wildman–Crippen MR) is 60.8 cm³/mol. The molecule has 1 atom stereocenters. The summed E-state index contributed by atoms with van der Waals surface area (Å²) in [4.78, 5) is 28.8. The summed E-state index contributed by atoms with van der Waals surface area (Å²) in [6, 6.07) is 0. The first-order valence-electron chi connectivity index (χ1n) is 5.55. The Morgan fingerprint density at radius 2 is 1.80 bits per heavy atom. The number of aromatic nitrogens is 2. The van der Waals surface area contributed by atoms with Crippen LogP contribution in [0.25, 0.3) is 0 Å². The molecule has 6 nitrogen and oxygen atoms in total. The number of rotatable bonds is 4. The molecule has 1 unspecified atom stereocenters. The number of alkyl halides is 3. The Hall–Kier alpha value is -2.19. The van der Waals surface area contributed by atoms with Crippen LogP contribution < -0.4 is 5.32 Å². The van der Waals surface area contributed by atoms with Crippen LogP contribution in [0, 0.1) is 0 Å². The van der Waals surface area contributed by atoms with E-state index in [2.05, 4.69) is 15.3 Å². The minimum atomic E-state index is -4.70. The van der Waals surface area contributed by atoms with Crippen molar-refractivity contribution in [1.82, 2.24) is 15.3 Å². The molecule has 0 aliphatic rings. The molecule has 0 aliphatic carbocycles. The zero-order valence-corrected chi connectivity index (χ0v) is 10.7. The molecule has 1 heterocycles. The van der Waals surface area contributed by atoms with Gasteiger partial charge in [-0.2, -0.15) is 13.2 Å². The van der Waals surface area contributed by atoms with Gasteiger partial charge in [0.15, 0.2) is 0 Å². The number of halogens is 3. The third-order valence-corrected chi connectivity index (χ3v) is 2.74. The molecule has 2 N–H and O–H groups in total. The maximum atomic E-state index is 12.2. The number of carbonyl (C=O) groups is 2. The monoisotopic (exact) mass is 291 g/mol. The van der Waals surface area contributed by atoms with E-state index in [0.29, 0.717) is 12.4 Å². The fourth-order valence-corrected chi connectivity index (χ4v) is 1.21. The van der Waals surface area contributed by atoms with E-state index in [1.807, 2.05) is 0 Å². The van der Waals surface area contributed by atoms with Crippen molar-refractivity contribution in [2.45, 2.75) is 32.0 Å². The summed E-state index contributed by atoms with van der Waals surface area (Å²) in [6.07, 6.45) is -3.20. The lowest BCUT2D eigenvalue weighted by molar-refractivity contribution is -0.145. The van der Waals surface area contributed by atoms with E-state index in [-0.39, 0.29) is 12.0 Å². The van der Waals surface area contributed by atoms with Gasteiger partial charge in [-0.3, -0.25) is 4.79 Å². The molecule has 0 radical (unpaired) electrons. The number of aliphatic carboxylic acids is 1. The van der Waals surface area contributed by atoms with E-state index in [1.165, 1.54) is 6.92 Å². The van der Waals surface area contributed by atoms with Crippen molar-refractivity contribution in [3.05, 3.63) is 23.8 Å². The van der Waals surface area contributed by atoms with Gasteiger partial charge in [0.2, 0.25) is 5.82 Å². The lowest BCUT2D eigenvalue weighted by atomic mass is 9.99. The van der Waals surface area contributed by atoms with Crippen molar-refractivity contribution in [1.29, 1.82) is 0 Å². The van der Waals surface area contributed by atoms with E-state index in [4.69, 9.17) is 5.11 Å². The van der Waals surface area contributed by atoms with Gasteiger partial charge in [0.1, 0.15) is 5.54 Å².